The summed E-state index contributed by atoms with van der Waals surface area (Å²) in [5, 5.41) is 10.8. The topological polar surface area (TPSA) is 66.0 Å². The molecule has 0 atom stereocenters. The number of likely N-dealkylation sites (N-methyl/N-ethyl adjacent to an activating group) is 1. The highest BCUT2D eigenvalue weighted by Gasteiger charge is 2.06. The van der Waals surface area contributed by atoms with E-state index in [0.29, 0.717) is 10.7 Å². The lowest BCUT2D eigenvalue weighted by molar-refractivity contribution is 0.251. The first kappa shape index (κ1) is 15.4. The number of benzene rings is 1. The number of hydrogen-bond acceptors (Lipinski definition) is 4. The van der Waals surface area contributed by atoms with Crippen LogP contribution in [0.25, 0.3) is 0 Å². The SMILES string of the molecule is CNCCc1csc(NC(=O)NCc2cccc(F)c2)n1. The molecule has 0 saturated carbocycles. The molecule has 0 fully saturated rings. The third-order valence-electron chi connectivity index (χ3n) is 2.75. The number of carbonyl (C=O) groups excluding carboxylic acids is 1. The van der Waals surface area contributed by atoms with Crippen LogP contribution in [0.4, 0.5) is 14.3 Å². The highest BCUT2D eigenvalue weighted by molar-refractivity contribution is 7.13. The highest BCUT2D eigenvalue weighted by atomic mass is 32.1. The monoisotopic (exact) mass is 308 g/mol. The van der Waals surface area contributed by atoms with Gasteiger partial charge in [0.25, 0.3) is 0 Å². The number of amides is 2. The quantitative estimate of drug-likeness (QED) is 0.767. The molecule has 0 aliphatic heterocycles. The molecule has 7 heteroatoms. The van der Waals surface area contributed by atoms with E-state index in [1.54, 1.807) is 12.1 Å². The van der Waals surface area contributed by atoms with E-state index in [-0.39, 0.29) is 18.4 Å². The van der Waals surface area contributed by atoms with Crippen LogP contribution in [0.15, 0.2) is 29.6 Å². The molecule has 1 heterocycles. The Morgan fingerprint density at radius 1 is 1.43 bits per heavy atom. The molecule has 2 aromatic rings. The number of aromatic nitrogens is 1. The van der Waals surface area contributed by atoms with Gasteiger partial charge in [-0.25, -0.2) is 14.2 Å². The highest BCUT2D eigenvalue weighted by Crippen LogP contribution is 2.15. The van der Waals surface area contributed by atoms with Crippen LogP contribution in [0.5, 0.6) is 0 Å². The smallest absolute Gasteiger partial charge is 0.321 e. The molecule has 0 aliphatic rings. The molecule has 0 aliphatic carbocycles. The number of urea groups is 1. The summed E-state index contributed by atoms with van der Waals surface area (Å²) in [7, 11) is 1.88. The second-order valence-electron chi connectivity index (χ2n) is 4.44. The second kappa shape index (κ2) is 7.70. The Morgan fingerprint density at radius 3 is 3.05 bits per heavy atom. The maximum atomic E-state index is 13.0. The number of hydrogen-bond donors (Lipinski definition) is 3. The first-order valence-electron chi connectivity index (χ1n) is 6.55. The van der Waals surface area contributed by atoms with Crippen LogP contribution in [0.2, 0.25) is 0 Å². The Balaban J connectivity index is 1.80. The summed E-state index contributed by atoms with van der Waals surface area (Å²) in [6.07, 6.45) is 0.819. The summed E-state index contributed by atoms with van der Waals surface area (Å²) in [5.74, 6) is -0.316. The zero-order valence-corrected chi connectivity index (χ0v) is 12.5. The Morgan fingerprint density at radius 2 is 2.29 bits per heavy atom. The van der Waals surface area contributed by atoms with Crippen molar-refractivity contribution < 1.29 is 9.18 Å². The molecule has 3 N–H and O–H groups in total. The van der Waals surface area contributed by atoms with E-state index < -0.39 is 0 Å². The summed E-state index contributed by atoms with van der Waals surface area (Å²) < 4.78 is 13.0. The normalized spacial score (nSPS) is 10.4. The van der Waals surface area contributed by atoms with Gasteiger partial charge in [0.05, 0.1) is 5.69 Å². The lowest BCUT2D eigenvalue weighted by Crippen LogP contribution is -2.28. The second-order valence-corrected chi connectivity index (χ2v) is 5.29. The number of nitrogens with zero attached hydrogens (tertiary/aromatic N) is 1. The number of thiazole rings is 1. The number of halogens is 1. The largest absolute Gasteiger partial charge is 0.334 e. The zero-order valence-electron chi connectivity index (χ0n) is 11.6. The minimum absolute atomic E-state index is 0.265. The molecule has 0 spiro atoms. The predicted octanol–water partition coefficient (Wildman–Crippen LogP) is 2.37. The molecular weight excluding hydrogens is 291 g/mol. The van der Waals surface area contributed by atoms with Crippen molar-refractivity contribution in [2.75, 3.05) is 18.9 Å². The van der Waals surface area contributed by atoms with E-state index in [2.05, 4.69) is 20.9 Å². The van der Waals surface area contributed by atoms with Crippen molar-refractivity contribution in [2.24, 2.45) is 0 Å². The summed E-state index contributed by atoms with van der Waals surface area (Å²) in [6, 6.07) is 5.77. The van der Waals surface area contributed by atoms with E-state index in [9.17, 15) is 9.18 Å². The number of nitrogens with one attached hydrogen (secondary N) is 3. The van der Waals surface area contributed by atoms with Crippen LogP contribution in [-0.2, 0) is 13.0 Å². The summed E-state index contributed by atoms with van der Waals surface area (Å²) in [5.41, 5.74) is 1.65. The average molecular weight is 308 g/mol. The number of anilines is 1. The molecule has 21 heavy (non-hydrogen) atoms. The fraction of sp³-hybridized carbons (Fsp3) is 0.286. The third-order valence-corrected chi connectivity index (χ3v) is 3.55. The number of carbonyl (C=O) groups is 1. The fourth-order valence-electron chi connectivity index (χ4n) is 1.70. The molecule has 0 unspecified atom stereocenters. The van der Waals surface area contributed by atoms with Crippen LogP contribution in [0.1, 0.15) is 11.3 Å². The van der Waals surface area contributed by atoms with Gasteiger partial charge in [-0.3, -0.25) is 5.32 Å². The van der Waals surface area contributed by atoms with Gasteiger partial charge in [-0.15, -0.1) is 11.3 Å². The molecule has 0 radical (unpaired) electrons. The molecule has 1 aromatic carbocycles. The summed E-state index contributed by atoms with van der Waals surface area (Å²) >= 11 is 1.38. The Hall–Kier alpha value is -1.99. The standard InChI is InChI=1S/C14H17FN4OS/c1-16-6-5-12-9-21-14(18-12)19-13(20)17-8-10-3-2-4-11(15)7-10/h2-4,7,9,16H,5-6,8H2,1H3,(H2,17,18,19,20). The van der Waals surface area contributed by atoms with Crippen LogP contribution in [0, 0.1) is 5.82 Å². The maximum Gasteiger partial charge on any atom is 0.321 e. The molecule has 2 rings (SSSR count). The lowest BCUT2D eigenvalue weighted by atomic mass is 10.2. The minimum Gasteiger partial charge on any atom is -0.334 e. The molecule has 0 saturated heterocycles. The molecular formula is C14H17FN4OS. The van der Waals surface area contributed by atoms with Crippen molar-refractivity contribution in [3.63, 3.8) is 0 Å². The molecule has 1 aromatic heterocycles. The third kappa shape index (κ3) is 5.13. The van der Waals surface area contributed by atoms with Crippen molar-refractivity contribution in [1.82, 2.24) is 15.6 Å². The summed E-state index contributed by atoms with van der Waals surface area (Å²) in [6.45, 7) is 1.11. The Kier molecular flexibility index (Phi) is 5.65. The van der Waals surface area contributed by atoms with Crippen LogP contribution < -0.4 is 16.0 Å². The van der Waals surface area contributed by atoms with Gasteiger partial charge in [0.2, 0.25) is 0 Å². The van der Waals surface area contributed by atoms with Crippen molar-refractivity contribution >= 4 is 22.5 Å². The van der Waals surface area contributed by atoms with Gasteiger partial charge in [-0.2, -0.15) is 0 Å². The van der Waals surface area contributed by atoms with E-state index in [1.807, 2.05) is 12.4 Å². The van der Waals surface area contributed by atoms with Gasteiger partial charge >= 0.3 is 6.03 Å². The van der Waals surface area contributed by atoms with Gasteiger partial charge in [-0.05, 0) is 24.7 Å². The molecule has 2 amide bonds. The van der Waals surface area contributed by atoms with Crippen LogP contribution in [-0.4, -0.2) is 24.6 Å². The minimum atomic E-state index is -0.353. The van der Waals surface area contributed by atoms with Crippen molar-refractivity contribution in [2.45, 2.75) is 13.0 Å². The van der Waals surface area contributed by atoms with Crippen molar-refractivity contribution in [3.8, 4) is 0 Å². The predicted molar refractivity (Wildman–Crippen MR) is 82.0 cm³/mol. The van der Waals surface area contributed by atoms with E-state index in [1.165, 1.54) is 23.5 Å². The van der Waals surface area contributed by atoms with E-state index in [0.717, 1.165) is 18.7 Å². The van der Waals surface area contributed by atoms with Gasteiger partial charge in [-0.1, -0.05) is 12.1 Å². The van der Waals surface area contributed by atoms with Gasteiger partial charge in [0.15, 0.2) is 5.13 Å². The maximum absolute atomic E-state index is 13.0. The Labute approximate surface area is 126 Å². The molecule has 0 bridgehead atoms. The molecule has 5 nitrogen and oxygen atoms in total. The van der Waals surface area contributed by atoms with Crippen molar-refractivity contribution in [3.05, 3.63) is 46.7 Å². The van der Waals surface area contributed by atoms with Crippen molar-refractivity contribution in [1.29, 1.82) is 0 Å². The first-order valence-corrected chi connectivity index (χ1v) is 7.43. The zero-order chi connectivity index (χ0) is 15.1. The number of rotatable bonds is 6. The first-order chi connectivity index (χ1) is 10.2. The average Bonchev–Trinajstić information content (AvgIpc) is 2.90. The van der Waals surface area contributed by atoms with Crippen LogP contribution in [0.3, 0.4) is 0 Å². The Bertz CT molecular complexity index is 602. The van der Waals surface area contributed by atoms with Gasteiger partial charge < -0.3 is 10.6 Å². The van der Waals surface area contributed by atoms with E-state index >= 15 is 0 Å². The summed E-state index contributed by atoms with van der Waals surface area (Å²) in [4.78, 5) is 16.0. The lowest BCUT2D eigenvalue weighted by Gasteiger charge is -2.05. The van der Waals surface area contributed by atoms with Gasteiger partial charge in [0.1, 0.15) is 5.82 Å². The van der Waals surface area contributed by atoms with Crippen LogP contribution >= 0.6 is 11.3 Å². The fourth-order valence-corrected chi connectivity index (χ4v) is 2.44. The molecule has 112 valence electrons. The van der Waals surface area contributed by atoms with Gasteiger partial charge in [0, 0.05) is 24.9 Å². The van der Waals surface area contributed by atoms with E-state index in [4.69, 9.17) is 0 Å².